The standard InChI is InChI=1S/C9H19NO3S/c1-8(11)9(10)7-14-6-5-13-4-3-12-2/h9H,3-7,10H2,1-2H3/t9-/m0/s1. The van der Waals surface area contributed by atoms with Gasteiger partial charge in [-0.2, -0.15) is 11.8 Å². The van der Waals surface area contributed by atoms with Crippen molar-refractivity contribution in [1.82, 2.24) is 0 Å². The Bertz CT molecular complexity index is 155. The van der Waals surface area contributed by atoms with Crippen molar-refractivity contribution in [1.29, 1.82) is 0 Å². The molecule has 1 atom stereocenters. The molecule has 0 aromatic heterocycles. The molecule has 0 fully saturated rings. The predicted octanol–water partition coefficient (Wildman–Crippen LogP) is 0.299. The largest absolute Gasteiger partial charge is 0.382 e. The van der Waals surface area contributed by atoms with Crippen molar-refractivity contribution >= 4 is 17.5 Å². The van der Waals surface area contributed by atoms with E-state index in [0.717, 1.165) is 5.75 Å². The van der Waals surface area contributed by atoms with E-state index >= 15 is 0 Å². The maximum absolute atomic E-state index is 10.8. The first-order valence-electron chi connectivity index (χ1n) is 4.59. The second-order valence-electron chi connectivity index (χ2n) is 2.90. The van der Waals surface area contributed by atoms with E-state index in [-0.39, 0.29) is 11.8 Å². The summed E-state index contributed by atoms with van der Waals surface area (Å²) in [6.07, 6.45) is 0. The number of rotatable bonds is 9. The predicted molar refractivity (Wildman–Crippen MR) is 58.7 cm³/mol. The normalized spacial score (nSPS) is 12.8. The fourth-order valence-corrected chi connectivity index (χ4v) is 1.58. The second-order valence-corrected chi connectivity index (χ2v) is 4.05. The van der Waals surface area contributed by atoms with Crippen molar-refractivity contribution in [3.05, 3.63) is 0 Å². The van der Waals surface area contributed by atoms with Crippen LogP contribution in [0.3, 0.4) is 0 Å². The molecule has 84 valence electrons. The molecule has 0 saturated carbocycles. The van der Waals surface area contributed by atoms with Crippen molar-refractivity contribution in [3.63, 3.8) is 0 Å². The van der Waals surface area contributed by atoms with E-state index in [9.17, 15) is 4.79 Å². The zero-order valence-electron chi connectivity index (χ0n) is 8.82. The Morgan fingerprint density at radius 1 is 1.43 bits per heavy atom. The molecule has 0 amide bonds. The zero-order valence-corrected chi connectivity index (χ0v) is 9.64. The van der Waals surface area contributed by atoms with Crippen molar-refractivity contribution in [2.24, 2.45) is 5.73 Å². The maximum Gasteiger partial charge on any atom is 0.147 e. The van der Waals surface area contributed by atoms with Gasteiger partial charge in [-0.3, -0.25) is 4.79 Å². The highest BCUT2D eigenvalue weighted by atomic mass is 32.2. The molecule has 0 aliphatic carbocycles. The summed E-state index contributed by atoms with van der Waals surface area (Å²) in [5.74, 6) is 1.58. The summed E-state index contributed by atoms with van der Waals surface area (Å²) in [6, 6.07) is -0.334. The van der Waals surface area contributed by atoms with Crippen LogP contribution in [0.4, 0.5) is 0 Å². The highest BCUT2D eigenvalue weighted by Gasteiger charge is 2.06. The summed E-state index contributed by atoms with van der Waals surface area (Å²) in [5.41, 5.74) is 5.55. The van der Waals surface area contributed by atoms with Gasteiger partial charge < -0.3 is 15.2 Å². The molecule has 0 rings (SSSR count). The molecule has 0 spiro atoms. The Morgan fingerprint density at radius 2 is 2.14 bits per heavy atom. The summed E-state index contributed by atoms with van der Waals surface area (Å²) < 4.78 is 10.1. The van der Waals surface area contributed by atoms with Crippen LogP contribution in [-0.2, 0) is 14.3 Å². The summed E-state index contributed by atoms with van der Waals surface area (Å²) in [4.78, 5) is 10.8. The van der Waals surface area contributed by atoms with E-state index in [2.05, 4.69) is 0 Å². The lowest BCUT2D eigenvalue weighted by molar-refractivity contribution is -0.117. The third-order valence-electron chi connectivity index (χ3n) is 1.62. The van der Waals surface area contributed by atoms with Crippen LogP contribution < -0.4 is 5.73 Å². The Hall–Kier alpha value is -0.100. The van der Waals surface area contributed by atoms with E-state index < -0.39 is 0 Å². The third kappa shape index (κ3) is 8.50. The number of nitrogens with two attached hydrogens (primary N) is 1. The molecule has 0 bridgehead atoms. The maximum atomic E-state index is 10.8. The molecule has 4 nitrogen and oxygen atoms in total. The summed E-state index contributed by atoms with van der Waals surface area (Å²) in [7, 11) is 1.64. The van der Waals surface area contributed by atoms with Gasteiger partial charge in [0.05, 0.1) is 25.9 Å². The molecule has 0 saturated heterocycles. The Balaban J connectivity index is 3.09. The summed E-state index contributed by atoms with van der Waals surface area (Å²) in [6.45, 7) is 3.44. The van der Waals surface area contributed by atoms with Gasteiger partial charge in [-0.15, -0.1) is 0 Å². The molecule has 14 heavy (non-hydrogen) atoms. The van der Waals surface area contributed by atoms with Crippen molar-refractivity contribution in [2.75, 3.05) is 38.4 Å². The molecule has 0 radical (unpaired) electrons. The number of carbonyl (C=O) groups is 1. The van der Waals surface area contributed by atoms with E-state index in [1.807, 2.05) is 0 Å². The molecule has 0 unspecified atom stereocenters. The quantitative estimate of drug-likeness (QED) is 0.567. The van der Waals surface area contributed by atoms with Crippen molar-refractivity contribution in [3.8, 4) is 0 Å². The number of thioether (sulfide) groups is 1. The molecule has 0 aromatic carbocycles. The van der Waals surface area contributed by atoms with E-state index in [4.69, 9.17) is 15.2 Å². The average molecular weight is 221 g/mol. The first kappa shape index (κ1) is 13.9. The van der Waals surface area contributed by atoms with Gasteiger partial charge >= 0.3 is 0 Å². The SMILES string of the molecule is COCCOCCSC[C@H](N)C(C)=O. The minimum atomic E-state index is -0.334. The smallest absolute Gasteiger partial charge is 0.147 e. The highest BCUT2D eigenvalue weighted by Crippen LogP contribution is 2.01. The van der Waals surface area contributed by atoms with Gasteiger partial charge in [0.15, 0.2) is 0 Å². The fraction of sp³-hybridized carbons (Fsp3) is 0.889. The van der Waals surface area contributed by atoms with Crippen LogP contribution in [0.15, 0.2) is 0 Å². The molecule has 0 aliphatic rings. The van der Waals surface area contributed by atoms with Gasteiger partial charge in [-0.1, -0.05) is 0 Å². The van der Waals surface area contributed by atoms with Crippen molar-refractivity contribution < 1.29 is 14.3 Å². The zero-order chi connectivity index (χ0) is 10.8. The number of Topliss-reactive ketones (excluding diaryl/α,β-unsaturated/α-hetero) is 1. The molecular weight excluding hydrogens is 202 g/mol. The van der Waals surface area contributed by atoms with Crippen LogP contribution in [0.5, 0.6) is 0 Å². The lowest BCUT2D eigenvalue weighted by Crippen LogP contribution is -2.31. The topological polar surface area (TPSA) is 61.6 Å². The van der Waals surface area contributed by atoms with E-state index in [0.29, 0.717) is 25.6 Å². The molecule has 5 heteroatoms. The number of carbonyl (C=O) groups excluding carboxylic acids is 1. The van der Waals surface area contributed by atoms with E-state index in [1.54, 1.807) is 18.9 Å². The Kier molecular flexibility index (Phi) is 9.39. The van der Waals surface area contributed by atoms with Gasteiger partial charge in [0, 0.05) is 18.6 Å². The van der Waals surface area contributed by atoms with Crippen LogP contribution in [0.25, 0.3) is 0 Å². The van der Waals surface area contributed by atoms with Crippen LogP contribution in [0.2, 0.25) is 0 Å². The summed E-state index contributed by atoms with van der Waals surface area (Å²) in [5, 5.41) is 0. The molecule has 0 aliphatic heterocycles. The number of ketones is 1. The lowest BCUT2D eigenvalue weighted by Gasteiger charge is -2.07. The number of hydrogen-bond donors (Lipinski definition) is 1. The van der Waals surface area contributed by atoms with Crippen LogP contribution in [0.1, 0.15) is 6.92 Å². The fourth-order valence-electron chi connectivity index (χ4n) is 0.690. The molecule has 0 heterocycles. The minimum absolute atomic E-state index is 0.0396. The monoisotopic (exact) mass is 221 g/mol. The number of methoxy groups -OCH3 is 1. The average Bonchev–Trinajstić information content (AvgIpc) is 2.16. The lowest BCUT2D eigenvalue weighted by atomic mass is 10.3. The summed E-state index contributed by atoms with van der Waals surface area (Å²) >= 11 is 1.64. The van der Waals surface area contributed by atoms with Crippen molar-refractivity contribution in [2.45, 2.75) is 13.0 Å². The molecule has 0 aromatic rings. The number of hydrogen-bond acceptors (Lipinski definition) is 5. The first-order valence-corrected chi connectivity index (χ1v) is 5.74. The number of ether oxygens (including phenoxy) is 2. The molecular formula is C9H19NO3S. The first-order chi connectivity index (χ1) is 6.68. The van der Waals surface area contributed by atoms with Crippen LogP contribution in [-0.4, -0.2) is 50.3 Å². The third-order valence-corrected chi connectivity index (χ3v) is 2.67. The highest BCUT2D eigenvalue weighted by molar-refractivity contribution is 7.99. The van der Waals surface area contributed by atoms with Crippen LogP contribution >= 0.6 is 11.8 Å². The van der Waals surface area contributed by atoms with Gasteiger partial charge in [-0.25, -0.2) is 0 Å². The Morgan fingerprint density at radius 3 is 2.71 bits per heavy atom. The van der Waals surface area contributed by atoms with Gasteiger partial charge in [-0.05, 0) is 6.92 Å². The molecule has 2 N–H and O–H groups in total. The van der Waals surface area contributed by atoms with Gasteiger partial charge in [0.1, 0.15) is 5.78 Å². The second kappa shape index (κ2) is 9.45. The van der Waals surface area contributed by atoms with Gasteiger partial charge in [0.2, 0.25) is 0 Å². The van der Waals surface area contributed by atoms with E-state index in [1.165, 1.54) is 6.92 Å². The minimum Gasteiger partial charge on any atom is -0.382 e. The van der Waals surface area contributed by atoms with Crippen LogP contribution in [0, 0.1) is 0 Å². The van der Waals surface area contributed by atoms with Gasteiger partial charge in [0.25, 0.3) is 0 Å². The Labute approximate surface area is 89.5 Å².